The van der Waals surface area contributed by atoms with Crippen LogP contribution in [-0.4, -0.2) is 51.4 Å². The predicted molar refractivity (Wildman–Crippen MR) is 102 cm³/mol. The smallest absolute Gasteiger partial charge is 0.262 e. The van der Waals surface area contributed by atoms with Crippen LogP contribution in [0.5, 0.6) is 5.75 Å². The van der Waals surface area contributed by atoms with Gasteiger partial charge >= 0.3 is 0 Å². The molecule has 1 aromatic heterocycles. The van der Waals surface area contributed by atoms with E-state index in [4.69, 9.17) is 4.74 Å². The number of benzene rings is 1. The molecule has 0 fully saturated rings. The highest BCUT2D eigenvalue weighted by Crippen LogP contribution is 2.17. The molecule has 0 saturated heterocycles. The molecule has 0 aliphatic heterocycles. The SMILES string of the molecule is COc1ccc2nc(NNC(=O)[C@@H](CCCC(C)C)CN(O)C=O)nnc2c1. The second-order valence-corrected chi connectivity index (χ2v) is 6.85. The van der Waals surface area contributed by atoms with Crippen molar-refractivity contribution in [2.45, 2.75) is 33.1 Å². The predicted octanol–water partition coefficient (Wildman–Crippen LogP) is 1.77. The number of nitrogens with zero attached hydrogens (tertiary/aromatic N) is 4. The Hall–Kier alpha value is -3.01. The number of hydroxylamine groups is 2. The van der Waals surface area contributed by atoms with Crippen LogP contribution in [0.25, 0.3) is 11.0 Å². The van der Waals surface area contributed by atoms with Gasteiger partial charge in [0.25, 0.3) is 5.95 Å². The van der Waals surface area contributed by atoms with Gasteiger partial charge < -0.3 is 4.74 Å². The van der Waals surface area contributed by atoms with Crippen LogP contribution in [0.2, 0.25) is 0 Å². The molecule has 152 valence electrons. The minimum atomic E-state index is -0.570. The highest BCUT2D eigenvalue weighted by atomic mass is 16.5. The first-order chi connectivity index (χ1) is 13.4. The van der Waals surface area contributed by atoms with E-state index in [-0.39, 0.29) is 24.8 Å². The lowest BCUT2D eigenvalue weighted by molar-refractivity contribution is -0.154. The summed E-state index contributed by atoms with van der Waals surface area (Å²) in [4.78, 5) is 27.4. The quantitative estimate of drug-likeness (QED) is 0.301. The molecular formula is C18H26N6O4. The van der Waals surface area contributed by atoms with Gasteiger partial charge in [-0.15, -0.1) is 10.2 Å². The Morgan fingerprint density at radius 2 is 2.07 bits per heavy atom. The number of carbonyl (C=O) groups is 2. The average molecular weight is 390 g/mol. The molecule has 1 heterocycles. The van der Waals surface area contributed by atoms with Gasteiger partial charge in [0.1, 0.15) is 11.3 Å². The molecule has 0 radical (unpaired) electrons. The second kappa shape index (κ2) is 10.4. The third-order valence-electron chi connectivity index (χ3n) is 4.19. The normalized spacial score (nSPS) is 11.9. The van der Waals surface area contributed by atoms with Crippen molar-refractivity contribution in [2.75, 3.05) is 19.1 Å². The Morgan fingerprint density at radius 3 is 2.75 bits per heavy atom. The highest BCUT2D eigenvalue weighted by Gasteiger charge is 2.21. The number of anilines is 1. The largest absolute Gasteiger partial charge is 0.497 e. The maximum absolute atomic E-state index is 12.5. The topological polar surface area (TPSA) is 130 Å². The van der Waals surface area contributed by atoms with Gasteiger partial charge in [0.15, 0.2) is 0 Å². The van der Waals surface area contributed by atoms with Crippen molar-refractivity contribution in [3.05, 3.63) is 18.2 Å². The van der Waals surface area contributed by atoms with E-state index in [1.54, 1.807) is 25.3 Å². The maximum atomic E-state index is 12.5. The van der Waals surface area contributed by atoms with Gasteiger partial charge in [-0.3, -0.25) is 25.6 Å². The third-order valence-corrected chi connectivity index (χ3v) is 4.19. The van der Waals surface area contributed by atoms with Crippen molar-refractivity contribution >= 4 is 29.3 Å². The zero-order valence-electron chi connectivity index (χ0n) is 16.3. The minimum Gasteiger partial charge on any atom is -0.497 e. The summed E-state index contributed by atoms with van der Waals surface area (Å²) >= 11 is 0. The second-order valence-electron chi connectivity index (χ2n) is 6.85. The fraction of sp³-hybridized carbons (Fsp3) is 0.500. The lowest BCUT2D eigenvalue weighted by Crippen LogP contribution is -2.40. The van der Waals surface area contributed by atoms with E-state index in [1.165, 1.54) is 0 Å². The Morgan fingerprint density at radius 1 is 1.29 bits per heavy atom. The van der Waals surface area contributed by atoms with Crippen molar-refractivity contribution in [3.8, 4) is 5.75 Å². The molecular weight excluding hydrogens is 364 g/mol. The van der Waals surface area contributed by atoms with Gasteiger partial charge in [-0.1, -0.05) is 26.7 Å². The molecule has 0 bridgehead atoms. The molecule has 3 N–H and O–H groups in total. The first kappa shape index (κ1) is 21.3. The van der Waals surface area contributed by atoms with Gasteiger partial charge in [-0.2, -0.15) is 0 Å². The van der Waals surface area contributed by atoms with Crippen molar-refractivity contribution in [3.63, 3.8) is 0 Å². The van der Waals surface area contributed by atoms with Crippen molar-refractivity contribution in [1.82, 2.24) is 25.7 Å². The number of hydrazine groups is 1. The van der Waals surface area contributed by atoms with Crippen molar-refractivity contribution in [1.29, 1.82) is 0 Å². The number of rotatable bonds is 11. The van der Waals surface area contributed by atoms with Gasteiger partial charge in [0, 0.05) is 6.07 Å². The average Bonchev–Trinajstić information content (AvgIpc) is 2.70. The first-order valence-corrected chi connectivity index (χ1v) is 9.08. The summed E-state index contributed by atoms with van der Waals surface area (Å²) in [5.41, 5.74) is 6.30. The monoisotopic (exact) mass is 390 g/mol. The van der Waals surface area contributed by atoms with E-state index >= 15 is 0 Å². The highest BCUT2D eigenvalue weighted by molar-refractivity contribution is 5.80. The van der Waals surface area contributed by atoms with Crippen LogP contribution >= 0.6 is 0 Å². The minimum absolute atomic E-state index is 0.0915. The molecule has 2 rings (SSSR count). The lowest BCUT2D eigenvalue weighted by atomic mass is 9.97. The Balaban J connectivity index is 1.99. The van der Waals surface area contributed by atoms with Crippen LogP contribution in [0.4, 0.5) is 5.95 Å². The van der Waals surface area contributed by atoms with Crippen LogP contribution in [0.3, 0.4) is 0 Å². The van der Waals surface area contributed by atoms with Crippen LogP contribution in [-0.2, 0) is 9.59 Å². The molecule has 0 aliphatic carbocycles. The third kappa shape index (κ3) is 6.31. The summed E-state index contributed by atoms with van der Waals surface area (Å²) in [5, 5.41) is 17.9. The number of carbonyl (C=O) groups excluding carboxylic acids is 2. The molecule has 0 unspecified atom stereocenters. The van der Waals surface area contributed by atoms with E-state index in [0.717, 1.165) is 12.8 Å². The van der Waals surface area contributed by atoms with E-state index in [9.17, 15) is 14.8 Å². The van der Waals surface area contributed by atoms with E-state index < -0.39 is 5.92 Å². The Bertz CT molecular complexity index is 801. The molecule has 0 spiro atoms. The number of hydrogen-bond acceptors (Lipinski definition) is 8. The van der Waals surface area contributed by atoms with Crippen LogP contribution in [0, 0.1) is 11.8 Å². The Labute approximate surface area is 163 Å². The number of aromatic nitrogens is 3. The zero-order valence-corrected chi connectivity index (χ0v) is 16.3. The molecule has 0 aliphatic rings. The summed E-state index contributed by atoms with van der Waals surface area (Å²) in [5.74, 6) is 0.338. The molecule has 1 aromatic carbocycles. The zero-order chi connectivity index (χ0) is 20.5. The fourth-order valence-corrected chi connectivity index (χ4v) is 2.66. The van der Waals surface area contributed by atoms with Gasteiger partial charge in [-0.05, 0) is 24.5 Å². The molecule has 0 saturated carbocycles. The summed E-state index contributed by atoms with van der Waals surface area (Å²) in [7, 11) is 1.56. The molecule has 1 atom stereocenters. The molecule has 10 heteroatoms. The van der Waals surface area contributed by atoms with Gasteiger partial charge in [0.2, 0.25) is 12.3 Å². The number of methoxy groups -OCH3 is 1. The molecule has 2 amide bonds. The van der Waals surface area contributed by atoms with E-state index in [0.29, 0.717) is 34.2 Å². The van der Waals surface area contributed by atoms with Crippen LogP contribution in [0.1, 0.15) is 33.1 Å². The molecule has 2 aromatic rings. The number of ether oxygens (including phenoxy) is 1. The fourth-order valence-electron chi connectivity index (χ4n) is 2.66. The Kier molecular flexibility index (Phi) is 7.88. The van der Waals surface area contributed by atoms with Crippen molar-refractivity contribution in [2.24, 2.45) is 11.8 Å². The lowest BCUT2D eigenvalue weighted by Gasteiger charge is -2.20. The number of amides is 2. The van der Waals surface area contributed by atoms with Gasteiger partial charge in [0.05, 0.1) is 25.1 Å². The summed E-state index contributed by atoms with van der Waals surface area (Å²) < 4.78 is 5.13. The number of hydrogen-bond donors (Lipinski definition) is 3. The van der Waals surface area contributed by atoms with Crippen molar-refractivity contribution < 1.29 is 19.5 Å². The standard InChI is InChI=1S/C18H26N6O4/c1-12(2)5-4-6-13(10-24(27)11-25)17(26)21-23-18-19-15-8-7-14(28-3)9-16(15)20-22-18/h7-9,11-13,27H,4-6,10H2,1-3H3,(H,21,26)(H,19,22,23)/t13-/m0/s1. The van der Waals surface area contributed by atoms with E-state index in [2.05, 4.69) is 39.9 Å². The van der Waals surface area contributed by atoms with Crippen LogP contribution < -0.4 is 15.6 Å². The summed E-state index contributed by atoms with van der Waals surface area (Å²) in [6.07, 6.45) is 2.57. The first-order valence-electron chi connectivity index (χ1n) is 9.08. The molecule has 10 nitrogen and oxygen atoms in total. The summed E-state index contributed by atoms with van der Waals surface area (Å²) in [6, 6.07) is 5.19. The number of nitrogens with one attached hydrogen (secondary N) is 2. The van der Waals surface area contributed by atoms with Gasteiger partial charge in [-0.25, -0.2) is 10.0 Å². The molecule has 28 heavy (non-hydrogen) atoms. The van der Waals surface area contributed by atoms with Crippen LogP contribution in [0.15, 0.2) is 18.2 Å². The van der Waals surface area contributed by atoms with E-state index in [1.807, 2.05) is 0 Å². The summed E-state index contributed by atoms with van der Waals surface area (Å²) in [6.45, 7) is 4.10. The maximum Gasteiger partial charge on any atom is 0.262 e. The number of fused-ring (bicyclic) bond motifs is 1.